The molecule has 0 N–H and O–H groups in total. The molecule has 0 atom stereocenters. The Morgan fingerprint density at radius 2 is 2.31 bits per heavy atom. The average Bonchev–Trinajstić information content (AvgIpc) is 3.30. The molecule has 1 amide bonds. The first-order chi connectivity index (χ1) is 12.6. The maximum absolute atomic E-state index is 12.9. The maximum atomic E-state index is 12.9. The van der Waals surface area contributed by atoms with Gasteiger partial charge in [-0.25, -0.2) is 4.68 Å². The minimum atomic E-state index is 0.0543. The van der Waals surface area contributed by atoms with Gasteiger partial charge in [0.2, 0.25) is 11.1 Å². The normalized spacial score (nSPS) is 14.5. The number of aromatic nitrogens is 4. The third-order valence-electron chi connectivity index (χ3n) is 4.17. The van der Waals surface area contributed by atoms with E-state index in [4.69, 9.17) is 4.42 Å². The molecule has 2 heterocycles. The molecule has 8 heteroatoms. The van der Waals surface area contributed by atoms with Gasteiger partial charge in [-0.15, -0.1) is 5.10 Å². The highest BCUT2D eigenvalue weighted by molar-refractivity contribution is 7.99. The summed E-state index contributed by atoms with van der Waals surface area (Å²) in [7, 11) is 0. The molecule has 3 rings (SSSR count). The van der Waals surface area contributed by atoms with Crippen molar-refractivity contribution in [1.29, 1.82) is 0 Å². The van der Waals surface area contributed by atoms with Crippen molar-refractivity contribution in [1.82, 2.24) is 25.1 Å². The van der Waals surface area contributed by atoms with Crippen molar-refractivity contribution in [2.24, 2.45) is 5.92 Å². The topological polar surface area (TPSA) is 77.1 Å². The van der Waals surface area contributed by atoms with E-state index in [9.17, 15) is 4.79 Å². The molecule has 0 radical (unpaired) electrons. The first kappa shape index (κ1) is 18.7. The molecule has 0 aliphatic heterocycles. The van der Waals surface area contributed by atoms with Crippen LogP contribution in [0, 0.1) is 5.92 Å². The molecule has 7 nitrogen and oxygen atoms in total. The van der Waals surface area contributed by atoms with E-state index in [0.29, 0.717) is 23.4 Å². The molecular weight excluding hydrogens is 350 g/mol. The Morgan fingerprint density at radius 3 is 3.00 bits per heavy atom. The zero-order valence-corrected chi connectivity index (χ0v) is 16.1. The van der Waals surface area contributed by atoms with Gasteiger partial charge in [-0.2, -0.15) is 0 Å². The molecular formula is C18H25N5O2S. The molecule has 2 aromatic rings. The molecule has 0 saturated carbocycles. The lowest BCUT2D eigenvalue weighted by Gasteiger charge is -2.27. The molecule has 140 valence electrons. The van der Waals surface area contributed by atoms with Crippen molar-refractivity contribution in [2.45, 2.75) is 57.8 Å². The summed E-state index contributed by atoms with van der Waals surface area (Å²) in [5.41, 5.74) is 1.10. The summed E-state index contributed by atoms with van der Waals surface area (Å²) in [5, 5.41) is 12.5. The third kappa shape index (κ3) is 4.97. The molecule has 0 fully saturated rings. The number of amides is 1. The van der Waals surface area contributed by atoms with Crippen molar-refractivity contribution in [3.63, 3.8) is 0 Å². The van der Waals surface area contributed by atoms with E-state index in [-0.39, 0.29) is 5.91 Å². The smallest absolute Gasteiger partial charge is 0.237 e. The fraction of sp³-hybridized carbons (Fsp3) is 0.556. The maximum Gasteiger partial charge on any atom is 0.237 e. The van der Waals surface area contributed by atoms with Crippen LogP contribution in [0.4, 0.5) is 0 Å². The van der Waals surface area contributed by atoms with Crippen LogP contribution in [0.2, 0.25) is 0 Å². The van der Waals surface area contributed by atoms with Crippen LogP contribution in [0.5, 0.6) is 0 Å². The van der Waals surface area contributed by atoms with Gasteiger partial charge in [0.25, 0.3) is 0 Å². The lowest BCUT2D eigenvalue weighted by atomic mass is 10.0. The Hall–Kier alpha value is -2.09. The van der Waals surface area contributed by atoms with E-state index in [2.05, 4.69) is 35.4 Å². The van der Waals surface area contributed by atoms with Crippen LogP contribution < -0.4 is 0 Å². The number of carbonyl (C=O) groups excluding carboxylic acids is 1. The number of rotatable bonds is 8. The molecule has 0 unspecified atom stereocenters. The van der Waals surface area contributed by atoms with Crippen LogP contribution >= 0.6 is 11.8 Å². The SMILES string of the molecule is CC(C)Cn1nnnc1SCC(=O)N(Cc1ccco1)C1=CCCCC1. The monoisotopic (exact) mass is 375 g/mol. The number of thioether (sulfide) groups is 1. The van der Waals surface area contributed by atoms with Crippen LogP contribution in [0.25, 0.3) is 0 Å². The predicted octanol–water partition coefficient (Wildman–Crippen LogP) is 3.50. The summed E-state index contributed by atoms with van der Waals surface area (Å²) < 4.78 is 7.22. The minimum Gasteiger partial charge on any atom is -0.467 e. The summed E-state index contributed by atoms with van der Waals surface area (Å²) >= 11 is 1.39. The van der Waals surface area contributed by atoms with Gasteiger partial charge in [0, 0.05) is 12.2 Å². The van der Waals surface area contributed by atoms with E-state index in [1.54, 1.807) is 10.9 Å². The number of hydrogen-bond acceptors (Lipinski definition) is 6. The second-order valence-corrected chi connectivity index (χ2v) is 7.77. The Bertz CT molecular complexity index is 739. The second-order valence-electron chi connectivity index (χ2n) is 6.83. The number of hydrogen-bond donors (Lipinski definition) is 0. The van der Waals surface area contributed by atoms with E-state index in [0.717, 1.165) is 37.3 Å². The summed E-state index contributed by atoms with van der Waals surface area (Å²) in [6, 6.07) is 3.75. The zero-order valence-electron chi connectivity index (χ0n) is 15.3. The summed E-state index contributed by atoms with van der Waals surface area (Å²) in [6.45, 7) is 5.43. The first-order valence-electron chi connectivity index (χ1n) is 9.04. The fourth-order valence-corrected chi connectivity index (χ4v) is 3.70. The van der Waals surface area contributed by atoms with Gasteiger partial charge in [0.15, 0.2) is 0 Å². The Labute approximate surface area is 157 Å². The van der Waals surface area contributed by atoms with Crippen LogP contribution in [0.1, 0.15) is 45.3 Å². The average molecular weight is 375 g/mol. The Morgan fingerprint density at radius 1 is 1.42 bits per heavy atom. The van der Waals surface area contributed by atoms with Crippen molar-refractivity contribution in [2.75, 3.05) is 5.75 Å². The summed E-state index contributed by atoms with van der Waals surface area (Å²) in [4.78, 5) is 14.8. The number of furan rings is 1. The fourth-order valence-electron chi connectivity index (χ4n) is 2.94. The van der Waals surface area contributed by atoms with Gasteiger partial charge >= 0.3 is 0 Å². The van der Waals surface area contributed by atoms with Gasteiger partial charge in [-0.05, 0) is 54.2 Å². The third-order valence-corrected chi connectivity index (χ3v) is 5.11. The van der Waals surface area contributed by atoms with Crippen molar-refractivity contribution >= 4 is 17.7 Å². The van der Waals surface area contributed by atoms with Crippen molar-refractivity contribution in [3.8, 4) is 0 Å². The highest BCUT2D eigenvalue weighted by Gasteiger charge is 2.22. The van der Waals surface area contributed by atoms with Gasteiger partial charge in [-0.3, -0.25) is 4.79 Å². The van der Waals surface area contributed by atoms with Crippen molar-refractivity contribution < 1.29 is 9.21 Å². The quantitative estimate of drug-likeness (QED) is 0.657. The molecule has 0 saturated heterocycles. The van der Waals surface area contributed by atoms with Crippen LogP contribution in [0.15, 0.2) is 39.7 Å². The van der Waals surface area contributed by atoms with Gasteiger partial charge in [-0.1, -0.05) is 31.7 Å². The number of nitrogens with zero attached hydrogens (tertiary/aromatic N) is 5. The molecule has 1 aliphatic carbocycles. The highest BCUT2D eigenvalue weighted by Crippen LogP contribution is 2.25. The zero-order chi connectivity index (χ0) is 18.4. The first-order valence-corrected chi connectivity index (χ1v) is 10.0. The molecule has 0 bridgehead atoms. The molecule has 0 spiro atoms. The van der Waals surface area contributed by atoms with E-state index < -0.39 is 0 Å². The van der Waals surface area contributed by atoms with E-state index in [1.165, 1.54) is 18.2 Å². The molecule has 1 aliphatic rings. The minimum absolute atomic E-state index is 0.0543. The largest absolute Gasteiger partial charge is 0.467 e. The number of tetrazole rings is 1. The molecule has 2 aromatic heterocycles. The number of allylic oxidation sites excluding steroid dienone is 2. The highest BCUT2D eigenvalue weighted by atomic mass is 32.2. The van der Waals surface area contributed by atoms with Crippen LogP contribution in [-0.2, 0) is 17.9 Å². The standard InChI is InChI=1S/C18H25N5O2S/c1-14(2)11-23-18(19-20-21-23)26-13-17(24)22(12-16-9-6-10-25-16)15-7-4-3-5-8-15/h6-7,9-10,14H,3-5,8,11-13H2,1-2H3. The Kier molecular flexibility index (Phi) is 6.49. The predicted molar refractivity (Wildman–Crippen MR) is 99.2 cm³/mol. The molecule has 0 aromatic carbocycles. The van der Waals surface area contributed by atoms with Crippen LogP contribution in [0.3, 0.4) is 0 Å². The lowest BCUT2D eigenvalue weighted by Crippen LogP contribution is -2.32. The van der Waals surface area contributed by atoms with Gasteiger partial charge in [0.1, 0.15) is 5.76 Å². The summed E-state index contributed by atoms with van der Waals surface area (Å²) in [6.07, 6.45) is 8.08. The van der Waals surface area contributed by atoms with Gasteiger partial charge in [0.05, 0.1) is 18.6 Å². The Balaban J connectivity index is 1.67. The second kappa shape index (κ2) is 9.02. The lowest BCUT2D eigenvalue weighted by molar-refractivity contribution is -0.127. The number of carbonyl (C=O) groups is 1. The van der Waals surface area contributed by atoms with Gasteiger partial charge < -0.3 is 9.32 Å². The van der Waals surface area contributed by atoms with Crippen LogP contribution in [-0.4, -0.2) is 36.8 Å². The van der Waals surface area contributed by atoms with E-state index >= 15 is 0 Å². The molecule has 26 heavy (non-hydrogen) atoms. The van der Waals surface area contributed by atoms with Crippen molar-refractivity contribution in [3.05, 3.63) is 35.9 Å². The van der Waals surface area contributed by atoms with E-state index in [1.807, 2.05) is 17.0 Å². The summed E-state index contributed by atoms with van der Waals surface area (Å²) in [5.74, 6) is 1.59.